The van der Waals surface area contributed by atoms with E-state index in [2.05, 4.69) is 0 Å². The number of benzene rings is 2. The Hall–Kier alpha value is -1.94. The Balaban J connectivity index is 2.18. The Labute approximate surface area is 123 Å². The number of hydrogen-bond acceptors (Lipinski definition) is 2. The third-order valence-corrected chi connectivity index (χ3v) is 3.43. The fraction of sp³-hybridized carbons (Fsp3) is 0.188. The second-order valence-corrected chi connectivity index (χ2v) is 5.14. The summed E-state index contributed by atoms with van der Waals surface area (Å²) in [5.74, 6) is 0.411. The summed E-state index contributed by atoms with van der Waals surface area (Å²) in [7, 11) is 0. The van der Waals surface area contributed by atoms with Gasteiger partial charge in [0.2, 0.25) is 0 Å². The van der Waals surface area contributed by atoms with E-state index in [0.29, 0.717) is 12.2 Å². The summed E-state index contributed by atoms with van der Waals surface area (Å²) in [6, 6.07) is 10.2. The van der Waals surface area contributed by atoms with E-state index >= 15 is 0 Å². The van der Waals surface area contributed by atoms with E-state index in [9.17, 15) is 4.39 Å². The number of rotatable bonds is 4. The van der Waals surface area contributed by atoms with Crippen LogP contribution in [-0.2, 0) is 6.61 Å². The van der Waals surface area contributed by atoms with E-state index in [4.69, 9.17) is 22.7 Å². The van der Waals surface area contributed by atoms with Crippen molar-refractivity contribution >= 4 is 17.2 Å². The van der Waals surface area contributed by atoms with E-state index < -0.39 is 0 Å². The number of nitrogens with two attached hydrogens (primary N) is 1. The van der Waals surface area contributed by atoms with Gasteiger partial charge in [0.15, 0.2) is 0 Å². The molecule has 2 N–H and O–H groups in total. The lowest BCUT2D eigenvalue weighted by Gasteiger charge is -2.11. The van der Waals surface area contributed by atoms with Gasteiger partial charge in [-0.2, -0.15) is 0 Å². The maximum atomic E-state index is 13.2. The maximum Gasteiger partial charge on any atom is 0.123 e. The summed E-state index contributed by atoms with van der Waals surface area (Å²) in [4.78, 5) is 0.170. The van der Waals surface area contributed by atoms with Crippen LogP contribution in [0.4, 0.5) is 4.39 Å². The minimum atomic E-state index is -0.359. The smallest absolute Gasteiger partial charge is 0.123 e. The molecule has 0 aromatic heterocycles. The fourth-order valence-corrected chi connectivity index (χ4v) is 2.06. The quantitative estimate of drug-likeness (QED) is 0.873. The van der Waals surface area contributed by atoms with Crippen LogP contribution in [0.3, 0.4) is 0 Å². The topological polar surface area (TPSA) is 35.2 Å². The first-order valence-corrected chi connectivity index (χ1v) is 6.66. The SMILES string of the molecule is Cc1ccc(OCc2ccc(F)cc2C(N)=S)cc1C. The molecule has 0 fully saturated rings. The van der Waals surface area contributed by atoms with Crippen molar-refractivity contribution in [1.82, 2.24) is 0 Å². The van der Waals surface area contributed by atoms with Crippen molar-refractivity contribution in [3.63, 3.8) is 0 Å². The summed E-state index contributed by atoms with van der Waals surface area (Å²) in [6.45, 7) is 4.38. The zero-order chi connectivity index (χ0) is 14.7. The molecule has 0 aliphatic carbocycles. The van der Waals surface area contributed by atoms with Crippen LogP contribution < -0.4 is 10.5 Å². The van der Waals surface area contributed by atoms with Crippen LogP contribution in [0.5, 0.6) is 5.75 Å². The molecular formula is C16H16FNOS. The molecule has 2 rings (SSSR count). The largest absolute Gasteiger partial charge is 0.489 e. The summed E-state index contributed by atoms with van der Waals surface area (Å²) in [5, 5.41) is 0. The third-order valence-electron chi connectivity index (χ3n) is 3.21. The molecule has 0 saturated carbocycles. The van der Waals surface area contributed by atoms with Crippen molar-refractivity contribution in [1.29, 1.82) is 0 Å². The monoisotopic (exact) mass is 289 g/mol. The molecule has 104 valence electrons. The Morgan fingerprint density at radius 3 is 2.55 bits per heavy atom. The molecule has 0 saturated heterocycles. The number of hydrogen-bond donors (Lipinski definition) is 1. The zero-order valence-electron chi connectivity index (χ0n) is 11.4. The van der Waals surface area contributed by atoms with Gasteiger partial charge in [-0.3, -0.25) is 0 Å². The molecule has 0 spiro atoms. The minimum Gasteiger partial charge on any atom is -0.489 e. The van der Waals surface area contributed by atoms with Crippen molar-refractivity contribution in [3.05, 3.63) is 64.5 Å². The van der Waals surface area contributed by atoms with Crippen LogP contribution in [0, 0.1) is 19.7 Å². The number of thiocarbonyl (C=S) groups is 1. The molecule has 0 unspecified atom stereocenters. The van der Waals surface area contributed by atoms with Gasteiger partial charge >= 0.3 is 0 Å². The fourth-order valence-electron chi connectivity index (χ4n) is 1.87. The number of ether oxygens (including phenoxy) is 1. The average molecular weight is 289 g/mol. The lowest BCUT2D eigenvalue weighted by atomic mass is 10.1. The molecule has 0 aliphatic heterocycles. The third kappa shape index (κ3) is 3.33. The second-order valence-electron chi connectivity index (χ2n) is 4.70. The van der Waals surface area contributed by atoms with Gasteiger partial charge < -0.3 is 10.5 Å². The van der Waals surface area contributed by atoms with Crippen LogP contribution >= 0.6 is 12.2 Å². The highest BCUT2D eigenvalue weighted by Gasteiger charge is 2.08. The lowest BCUT2D eigenvalue weighted by Crippen LogP contribution is -2.14. The zero-order valence-corrected chi connectivity index (χ0v) is 12.3. The van der Waals surface area contributed by atoms with Crippen molar-refractivity contribution in [2.45, 2.75) is 20.5 Å². The molecule has 0 aliphatic rings. The van der Waals surface area contributed by atoms with Gasteiger partial charge in [-0.05, 0) is 54.8 Å². The molecule has 2 aromatic rings. The van der Waals surface area contributed by atoms with Crippen molar-refractivity contribution in [2.75, 3.05) is 0 Å². The van der Waals surface area contributed by atoms with Crippen molar-refractivity contribution < 1.29 is 9.13 Å². The molecule has 2 nitrogen and oxygen atoms in total. The number of halogens is 1. The summed E-state index contributed by atoms with van der Waals surface area (Å²) in [6.07, 6.45) is 0. The number of aryl methyl sites for hydroxylation is 2. The van der Waals surface area contributed by atoms with Crippen LogP contribution in [0.1, 0.15) is 22.3 Å². The van der Waals surface area contributed by atoms with E-state index in [-0.39, 0.29) is 10.8 Å². The molecule has 0 atom stereocenters. The normalized spacial score (nSPS) is 10.3. The van der Waals surface area contributed by atoms with Crippen LogP contribution in [0.15, 0.2) is 36.4 Å². The predicted molar refractivity (Wildman–Crippen MR) is 82.5 cm³/mol. The molecule has 0 heterocycles. The minimum absolute atomic E-state index is 0.170. The van der Waals surface area contributed by atoms with Gasteiger partial charge in [-0.25, -0.2) is 4.39 Å². The highest BCUT2D eigenvalue weighted by atomic mass is 32.1. The molecular weight excluding hydrogens is 273 g/mol. The molecule has 0 amide bonds. The van der Waals surface area contributed by atoms with Gasteiger partial charge in [-0.1, -0.05) is 24.4 Å². The predicted octanol–water partition coefficient (Wildman–Crippen LogP) is 3.66. The van der Waals surface area contributed by atoms with E-state index in [0.717, 1.165) is 16.9 Å². The van der Waals surface area contributed by atoms with Crippen LogP contribution in [0.2, 0.25) is 0 Å². The van der Waals surface area contributed by atoms with Crippen LogP contribution in [-0.4, -0.2) is 4.99 Å². The molecule has 0 radical (unpaired) electrons. The average Bonchev–Trinajstić information content (AvgIpc) is 2.41. The van der Waals surface area contributed by atoms with E-state index in [1.807, 2.05) is 32.0 Å². The Kier molecular flexibility index (Phi) is 4.35. The highest BCUT2D eigenvalue weighted by Crippen LogP contribution is 2.19. The Bertz CT molecular complexity index is 655. The second kappa shape index (κ2) is 6.01. The van der Waals surface area contributed by atoms with Crippen LogP contribution in [0.25, 0.3) is 0 Å². The lowest BCUT2D eigenvalue weighted by molar-refractivity contribution is 0.305. The van der Waals surface area contributed by atoms with Gasteiger partial charge in [-0.15, -0.1) is 0 Å². The Morgan fingerprint density at radius 1 is 1.15 bits per heavy atom. The molecule has 2 aromatic carbocycles. The molecule has 20 heavy (non-hydrogen) atoms. The highest BCUT2D eigenvalue weighted by molar-refractivity contribution is 7.80. The van der Waals surface area contributed by atoms with Crippen molar-refractivity contribution in [2.24, 2.45) is 5.73 Å². The maximum absolute atomic E-state index is 13.2. The van der Waals surface area contributed by atoms with Gasteiger partial charge in [0.1, 0.15) is 23.2 Å². The van der Waals surface area contributed by atoms with E-state index in [1.54, 1.807) is 6.07 Å². The van der Waals surface area contributed by atoms with Crippen molar-refractivity contribution in [3.8, 4) is 5.75 Å². The first kappa shape index (κ1) is 14.5. The summed E-state index contributed by atoms with van der Waals surface area (Å²) in [5.41, 5.74) is 9.27. The van der Waals surface area contributed by atoms with E-state index in [1.165, 1.54) is 17.7 Å². The van der Waals surface area contributed by atoms with Gasteiger partial charge in [0.05, 0.1) is 0 Å². The van der Waals surface area contributed by atoms with Gasteiger partial charge in [0.25, 0.3) is 0 Å². The molecule has 4 heteroatoms. The van der Waals surface area contributed by atoms with Gasteiger partial charge in [0, 0.05) is 5.56 Å². The molecule has 0 bridgehead atoms. The standard InChI is InChI=1S/C16H16FNOS/c1-10-3-6-14(7-11(10)2)19-9-12-4-5-13(17)8-15(12)16(18)20/h3-8H,9H2,1-2H3,(H2,18,20). The first-order valence-electron chi connectivity index (χ1n) is 6.25. The first-order chi connectivity index (χ1) is 9.47. The Morgan fingerprint density at radius 2 is 1.90 bits per heavy atom. The summed E-state index contributed by atoms with van der Waals surface area (Å²) >= 11 is 4.93. The summed E-state index contributed by atoms with van der Waals surface area (Å²) < 4.78 is 18.9.